The molecule has 1 fully saturated rings. The molecule has 3 atom stereocenters. The molecular weight excluding hydrogens is 259 g/mol. The van der Waals surface area contributed by atoms with E-state index in [0.717, 1.165) is 6.42 Å². The third kappa shape index (κ3) is 3.26. The molecule has 0 spiro atoms. The minimum Gasteiger partial charge on any atom is -0.392 e. The van der Waals surface area contributed by atoms with E-state index in [9.17, 15) is 18.3 Å². The molecule has 0 saturated heterocycles. The number of aliphatic hydroxyl groups is 1. The molecule has 0 bridgehead atoms. The van der Waals surface area contributed by atoms with Crippen LogP contribution in [-0.2, 0) is 13.5 Å². The zero-order valence-electron chi connectivity index (χ0n) is 10.8. The van der Waals surface area contributed by atoms with Gasteiger partial charge in [-0.15, -0.1) is 0 Å². The van der Waals surface area contributed by atoms with Gasteiger partial charge in [0.1, 0.15) is 12.2 Å². The highest BCUT2D eigenvalue weighted by Crippen LogP contribution is 2.43. The molecule has 0 aliphatic heterocycles. The normalized spacial score (nSPS) is 26.4. The Hall–Kier alpha value is -1.11. The molecule has 1 aromatic heterocycles. The molecule has 1 heterocycles. The molecule has 1 aromatic rings. The highest BCUT2D eigenvalue weighted by Gasteiger charge is 2.47. The Balaban J connectivity index is 2.07. The van der Waals surface area contributed by atoms with Crippen LogP contribution in [0.2, 0.25) is 0 Å². The first kappa shape index (κ1) is 14.3. The molecule has 0 aromatic carbocycles. The number of halogens is 3. The van der Waals surface area contributed by atoms with Crippen LogP contribution in [0.3, 0.4) is 0 Å². The van der Waals surface area contributed by atoms with Crippen LogP contribution in [0.25, 0.3) is 0 Å². The summed E-state index contributed by atoms with van der Waals surface area (Å²) >= 11 is 0. The van der Waals surface area contributed by atoms with Gasteiger partial charge in [0.2, 0.25) is 0 Å². The number of aromatic nitrogens is 3. The standard InChI is InChI=1S/C12H18F3N3O/c1-18-11(16-7-17-18)6-10(19)8-4-2-3-5-9(8)12(13,14)15/h7-10,19H,2-6H2,1H3. The summed E-state index contributed by atoms with van der Waals surface area (Å²) in [6, 6.07) is 0. The third-order valence-corrected chi connectivity index (χ3v) is 3.93. The summed E-state index contributed by atoms with van der Waals surface area (Å²) in [4.78, 5) is 3.95. The predicted octanol–water partition coefficient (Wildman–Crippen LogP) is 2.09. The van der Waals surface area contributed by atoms with Crippen molar-refractivity contribution in [1.29, 1.82) is 0 Å². The van der Waals surface area contributed by atoms with Gasteiger partial charge in [0, 0.05) is 13.5 Å². The van der Waals surface area contributed by atoms with E-state index in [1.807, 2.05) is 0 Å². The van der Waals surface area contributed by atoms with Crippen LogP contribution >= 0.6 is 0 Å². The molecule has 0 amide bonds. The fraction of sp³-hybridized carbons (Fsp3) is 0.833. The topological polar surface area (TPSA) is 50.9 Å². The summed E-state index contributed by atoms with van der Waals surface area (Å²) < 4.78 is 40.4. The summed E-state index contributed by atoms with van der Waals surface area (Å²) in [5, 5.41) is 14.0. The van der Waals surface area contributed by atoms with E-state index in [-0.39, 0.29) is 12.8 Å². The van der Waals surface area contributed by atoms with Crippen molar-refractivity contribution >= 4 is 0 Å². The zero-order valence-corrected chi connectivity index (χ0v) is 10.8. The monoisotopic (exact) mass is 277 g/mol. The second-order valence-electron chi connectivity index (χ2n) is 5.17. The molecule has 3 unspecified atom stereocenters. The molecule has 1 N–H and O–H groups in total. The lowest BCUT2D eigenvalue weighted by Crippen LogP contribution is -2.40. The Morgan fingerprint density at radius 3 is 2.68 bits per heavy atom. The van der Waals surface area contributed by atoms with Gasteiger partial charge in [0.25, 0.3) is 0 Å². The Kier molecular flexibility index (Phi) is 4.13. The second-order valence-corrected chi connectivity index (χ2v) is 5.17. The molecule has 4 nitrogen and oxygen atoms in total. The maximum Gasteiger partial charge on any atom is 0.392 e. The Bertz CT molecular complexity index is 419. The molecule has 0 radical (unpaired) electrons. The third-order valence-electron chi connectivity index (χ3n) is 3.93. The van der Waals surface area contributed by atoms with Crippen molar-refractivity contribution in [3.8, 4) is 0 Å². The predicted molar refractivity (Wildman–Crippen MR) is 62.2 cm³/mol. The van der Waals surface area contributed by atoms with E-state index < -0.39 is 24.1 Å². The van der Waals surface area contributed by atoms with E-state index in [1.165, 1.54) is 11.0 Å². The van der Waals surface area contributed by atoms with E-state index in [0.29, 0.717) is 18.7 Å². The van der Waals surface area contributed by atoms with Crippen LogP contribution in [0.1, 0.15) is 31.5 Å². The SMILES string of the molecule is Cn1ncnc1CC(O)C1CCCCC1C(F)(F)F. The smallest absolute Gasteiger partial charge is 0.392 e. The quantitative estimate of drug-likeness (QED) is 0.920. The zero-order chi connectivity index (χ0) is 14.0. The molecule has 7 heteroatoms. The number of hydrogen-bond donors (Lipinski definition) is 1. The number of aliphatic hydroxyl groups excluding tert-OH is 1. The second kappa shape index (κ2) is 5.48. The van der Waals surface area contributed by atoms with Crippen LogP contribution < -0.4 is 0 Å². The first-order valence-corrected chi connectivity index (χ1v) is 6.47. The molecule has 1 aliphatic carbocycles. The van der Waals surface area contributed by atoms with Crippen LogP contribution in [0.4, 0.5) is 13.2 Å². The highest BCUT2D eigenvalue weighted by atomic mass is 19.4. The van der Waals surface area contributed by atoms with Gasteiger partial charge in [0.15, 0.2) is 0 Å². The molecule has 1 saturated carbocycles. The van der Waals surface area contributed by atoms with Gasteiger partial charge in [-0.05, 0) is 18.8 Å². The van der Waals surface area contributed by atoms with Crippen LogP contribution in [-0.4, -0.2) is 32.2 Å². The summed E-state index contributed by atoms with van der Waals surface area (Å²) in [6.07, 6.45) is -1.93. The average Bonchev–Trinajstić information content (AvgIpc) is 2.74. The largest absolute Gasteiger partial charge is 0.392 e. The van der Waals surface area contributed by atoms with Crippen molar-refractivity contribution in [2.45, 2.75) is 44.4 Å². The minimum atomic E-state index is -4.23. The number of nitrogens with zero attached hydrogens (tertiary/aromatic N) is 3. The van der Waals surface area contributed by atoms with E-state index >= 15 is 0 Å². The maximum absolute atomic E-state index is 13.0. The number of aryl methyl sites for hydroxylation is 1. The van der Waals surface area contributed by atoms with Crippen molar-refractivity contribution in [2.75, 3.05) is 0 Å². The number of hydrogen-bond acceptors (Lipinski definition) is 3. The average molecular weight is 277 g/mol. The highest BCUT2D eigenvalue weighted by molar-refractivity contribution is 4.92. The van der Waals surface area contributed by atoms with Crippen LogP contribution in [0.5, 0.6) is 0 Å². The molecular formula is C12H18F3N3O. The van der Waals surface area contributed by atoms with E-state index in [4.69, 9.17) is 0 Å². The van der Waals surface area contributed by atoms with Gasteiger partial charge < -0.3 is 5.11 Å². The number of alkyl halides is 3. The van der Waals surface area contributed by atoms with Gasteiger partial charge >= 0.3 is 6.18 Å². The fourth-order valence-electron chi connectivity index (χ4n) is 2.87. The first-order valence-electron chi connectivity index (χ1n) is 6.47. The first-order chi connectivity index (χ1) is 8.89. The van der Waals surface area contributed by atoms with E-state index in [2.05, 4.69) is 10.1 Å². The van der Waals surface area contributed by atoms with Crippen LogP contribution in [0, 0.1) is 11.8 Å². The summed E-state index contributed by atoms with van der Waals surface area (Å²) in [5.74, 6) is -1.62. The molecule has 108 valence electrons. The van der Waals surface area contributed by atoms with Gasteiger partial charge in [-0.3, -0.25) is 4.68 Å². The molecule has 1 aliphatic rings. The number of rotatable bonds is 3. The minimum absolute atomic E-state index is 0.115. The van der Waals surface area contributed by atoms with Crippen molar-refractivity contribution in [3.63, 3.8) is 0 Å². The summed E-state index contributed by atoms with van der Waals surface area (Å²) in [7, 11) is 1.66. The van der Waals surface area contributed by atoms with Crippen molar-refractivity contribution in [3.05, 3.63) is 12.2 Å². The molecule has 2 rings (SSSR count). The molecule has 19 heavy (non-hydrogen) atoms. The maximum atomic E-state index is 13.0. The lowest BCUT2D eigenvalue weighted by molar-refractivity contribution is -0.206. The lowest BCUT2D eigenvalue weighted by atomic mass is 9.75. The summed E-state index contributed by atoms with van der Waals surface area (Å²) in [6.45, 7) is 0. The van der Waals surface area contributed by atoms with E-state index in [1.54, 1.807) is 7.05 Å². The summed E-state index contributed by atoms with van der Waals surface area (Å²) in [5.41, 5.74) is 0. The Labute approximate surface area is 109 Å². The Morgan fingerprint density at radius 1 is 1.42 bits per heavy atom. The van der Waals surface area contributed by atoms with Gasteiger partial charge in [0.05, 0.1) is 12.0 Å². The lowest BCUT2D eigenvalue weighted by Gasteiger charge is -2.35. The Morgan fingerprint density at radius 2 is 2.11 bits per heavy atom. The fourth-order valence-corrected chi connectivity index (χ4v) is 2.87. The van der Waals surface area contributed by atoms with Gasteiger partial charge in [-0.1, -0.05) is 12.8 Å². The van der Waals surface area contributed by atoms with Crippen molar-refractivity contribution < 1.29 is 18.3 Å². The van der Waals surface area contributed by atoms with Crippen molar-refractivity contribution in [2.24, 2.45) is 18.9 Å². The van der Waals surface area contributed by atoms with Gasteiger partial charge in [-0.25, -0.2) is 4.98 Å². The van der Waals surface area contributed by atoms with Gasteiger partial charge in [-0.2, -0.15) is 18.3 Å². The van der Waals surface area contributed by atoms with Crippen LogP contribution in [0.15, 0.2) is 6.33 Å². The van der Waals surface area contributed by atoms with Crippen molar-refractivity contribution in [1.82, 2.24) is 14.8 Å².